The predicted molar refractivity (Wildman–Crippen MR) is 73.2 cm³/mol. The zero-order valence-corrected chi connectivity index (χ0v) is 11.4. The molecule has 3 nitrogen and oxygen atoms in total. The third-order valence-electron chi connectivity index (χ3n) is 3.32. The Morgan fingerprint density at radius 2 is 2.22 bits per heavy atom. The Bertz CT molecular complexity index is 380. The van der Waals surface area contributed by atoms with Crippen LogP contribution in [0.2, 0.25) is 5.02 Å². The number of aliphatic hydroxyl groups excluding tert-OH is 1. The molecule has 1 saturated carbocycles. The summed E-state index contributed by atoms with van der Waals surface area (Å²) in [6.45, 7) is 2.58. The van der Waals surface area contributed by atoms with E-state index in [4.69, 9.17) is 16.3 Å². The van der Waals surface area contributed by atoms with Gasteiger partial charge in [-0.25, -0.2) is 0 Å². The molecular weight excluding hydrogens is 250 g/mol. The van der Waals surface area contributed by atoms with Crippen LogP contribution in [0.4, 0.5) is 0 Å². The zero-order valence-electron chi connectivity index (χ0n) is 10.7. The number of aliphatic hydroxyl groups is 1. The van der Waals surface area contributed by atoms with Gasteiger partial charge in [-0.3, -0.25) is 0 Å². The van der Waals surface area contributed by atoms with Crippen LogP contribution in [0.15, 0.2) is 24.3 Å². The standard InChI is InChI=1S/C14H20ClNO2/c1-16(10-11-7-13(17)8-11)5-6-18-14-4-2-3-12(15)9-14/h2-4,9,11,13,17H,5-8,10H2,1H3. The molecule has 1 aliphatic rings. The largest absolute Gasteiger partial charge is 0.492 e. The highest BCUT2D eigenvalue weighted by Crippen LogP contribution is 2.27. The first-order chi connectivity index (χ1) is 8.63. The molecule has 1 aliphatic carbocycles. The average molecular weight is 270 g/mol. The van der Waals surface area contributed by atoms with Crippen molar-refractivity contribution in [2.45, 2.75) is 18.9 Å². The topological polar surface area (TPSA) is 32.7 Å². The maximum Gasteiger partial charge on any atom is 0.120 e. The molecule has 4 heteroatoms. The molecule has 18 heavy (non-hydrogen) atoms. The number of benzene rings is 1. The summed E-state index contributed by atoms with van der Waals surface area (Å²) in [6, 6.07) is 7.46. The van der Waals surface area contributed by atoms with Gasteiger partial charge in [0.1, 0.15) is 12.4 Å². The lowest BCUT2D eigenvalue weighted by atomic mass is 9.82. The number of likely N-dealkylation sites (N-methyl/N-ethyl adjacent to an activating group) is 1. The summed E-state index contributed by atoms with van der Waals surface area (Å²) in [5.74, 6) is 1.46. The number of nitrogens with zero attached hydrogens (tertiary/aromatic N) is 1. The molecule has 0 aromatic heterocycles. The molecule has 0 spiro atoms. The van der Waals surface area contributed by atoms with E-state index in [1.165, 1.54) is 0 Å². The summed E-state index contributed by atoms with van der Waals surface area (Å²) < 4.78 is 5.64. The first kappa shape index (κ1) is 13.7. The lowest BCUT2D eigenvalue weighted by Gasteiger charge is -2.34. The van der Waals surface area contributed by atoms with Crippen LogP contribution < -0.4 is 4.74 Å². The van der Waals surface area contributed by atoms with Gasteiger partial charge in [-0.1, -0.05) is 17.7 Å². The van der Waals surface area contributed by atoms with Crippen molar-refractivity contribution >= 4 is 11.6 Å². The van der Waals surface area contributed by atoms with Gasteiger partial charge >= 0.3 is 0 Å². The van der Waals surface area contributed by atoms with Crippen molar-refractivity contribution in [2.75, 3.05) is 26.7 Å². The molecule has 2 rings (SSSR count). The number of hydrogen-bond donors (Lipinski definition) is 1. The van der Waals surface area contributed by atoms with E-state index in [1.807, 2.05) is 24.3 Å². The Morgan fingerprint density at radius 3 is 2.89 bits per heavy atom. The third kappa shape index (κ3) is 4.16. The van der Waals surface area contributed by atoms with Crippen molar-refractivity contribution < 1.29 is 9.84 Å². The molecule has 1 N–H and O–H groups in total. The number of ether oxygens (including phenoxy) is 1. The third-order valence-corrected chi connectivity index (χ3v) is 3.55. The van der Waals surface area contributed by atoms with Crippen LogP contribution in [0.5, 0.6) is 5.75 Å². The van der Waals surface area contributed by atoms with Gasteiger partial charge in [-0.15, -0.1) is 0 Å². The summed E-state index contributed by atoms with van der Waals surface area (Å²) in [7, 11) is 2.09. The van der Waals surface area contributed by atoms with Crippen molar-refractivity contribution in [1.29, 1.82) is 0 Å². The highest BCUT2D eigenvalue weighted by Gasteiger charge is 2.27. The highest BCUT2D eigenvalue weighted by atomic mass is 35.5. The molecule has 100 valence electrons. The SMILES string of the molecule is CN(CCOc1cccc(Cl)c1)CC1CC(O)C1. The van der Waals surface area contributed by atoms with E-state index in [0.29, 0.717) is 17.5 Å². The molecule has 0 atom stereocenters. The molecule has 1 fully saturated rings. The van der Waals surface area contributed by atoms with Crippen LogP contribution in [0.3, 0.4) is 0 Å². The Balaban J connectivity index is 1.62. The molecule has 0 saturated heterocycles. The van der Waals surface area contributed by atoms with E-state index in [9.17, 15) is 5.11 Å². The number of hydrogen-bond acceptors (Lipinski definition) is 3. The van der Waals surface area contributed by atoms with Gasteiger partial charge in [0.25, 0.3) is 0 Å². The van der Waals surface area contributed by atoms with Crippen LogP contribution in [-0.4, -0.2) is 42.9 Å². The minimum atomic E-state index is -0.0638. The van der Waals surface area contributed by atoms with Crippen LogP contribution in [0.1, 0.15) is 12.8 Å². The first-order valence-electron chi connectivity index (χ1n) is 6.38. The van der Waals surface area contributed by atoms with Gasteiger partial charge < -0.3 is 14.7 Å². The second kappa shape index (κ2) is 6.41. The van der Waals surface area contributed by atoms with Gasteiger partial charge in [0.15, 0.2) is 0 Å². The fraction of sp³-hybridized carbons (Fsp3) is 0.571. The second-order valence-corrected chi connectivity index (χ2v) is 5.50. The Labute approximate surface area is 113 Å². The molecule has 0 unspecified atom stereocenters. The average Bonchev–Trinajstić information content (AvgIpc) is 2.27. The van der Waals surface area contributed by atoms with Gasteiger partial charge in [-0.05, 0) is 44.0 Å². The molecule has 0 aliphatic heterocycles. The van der Waals surface area contributed by atoms with Crippen molar-refractivity contribution in [3.63, 3.8) is 0 Å². The van der Waals surface area contributed by atoms with Crippen molar-refractivity contribution in [3.8, 4) is 5.75 Å². The summed E-state index contributed by atoms with van der Waals surface area (Å²) in [5.41, 5.74) is 0. The summed E-state index contributed by atoms with van der Waals surface area (Å²) >= 11 is 5.88. The Morgan fingerprint density at radius 1 is 1.44 bits per heavy atom. The minimum absolute atomic E-state index is 0.0638. The molecular formula is C14H20ClNO2. The molecule has 1 aromatic rings. The quantitative estimate of drug-likeness (QED) is 0.861. The van der Waals surface area contributed by atoms with E-state index in [0.717, 1.165) is 31.7 Å². The second-order valence-electron chi connectivity index (χ2n) is 5.06. The Kier molecular flexibility index (Phi) is 4.87. The van der Waals surface area contributed by atoms with E-state index in [1.54, 1.807) is 0 Å². The van der Waals surface area contributed by atoms with Crippen LogP contribution in [-0.2, 0) is 0 Å². The number of rotatable bonds is 6. The van der Waals surface area contributed by atoms with E-state index in [2.05, 4.69) is 11.9 Å². The molecule has 0 radical (unpaired) electrons. The van der Waals surface area contributed by atoms with Crippen LogP contribution in [0, 0.1) is 5.92 Å². The molecule has 0 heterocycles. The van der Waals surface area contributed by atoms with Crippen LogP contribution in [0.25, 0.3) is 0 Å². The van der Waals surface area contributed by atoms with Gasteiger partial charge in [-0.2, -0.15) is 0 Å². The minimum Gasteiger partial charge on any atom is -0.492 e. The lowest BCUT2D eigenvalue weighted by molar-refractivity contribution is 0.0269. The molecule has 1 aromatic carbocycles. The zero-order chi connectivity index (χ0) is 13.0. The van der Waals surface area contributed by atoms with E-state index >= 15 is 0 Å². The van der Waals surface area contributed by atoms with E-state index < -0.39 is 0 Å². The monoisotopic (exact) mass is 269 g/mol. The van der Waals surface area contributed by atoms with Gasteiger partial charge in [0, 0.05) is 18.1 Å². The number of halogens is 1. The molecule has 0 amide bonds. The van der Waals surface area contributed by atoms with Gasteiger partial charge in [0.05, 0.1) is 6.10 Å². The summed E-state index contributed by atoms with van der Waals surface area (Å²) in [5, 5.41) is 9.92. The normalized spacial score (nSPS) is 22.9. The van der Waals surface area contributed by atoms with Crippen molar-refractivity contribution in [2.24, 2.45) is 5.92 Å². The lowest BCUT2D eigenvalue weighted by Crippen LogP contribution is -2.38. The van der Waals surface area contributed by atoms with Crippen molar-refractivity contribution in [1.82, 2.24) is 4.90 Å². The molecule has 0 bridgehead atoms. The van der Waals surface area contributed by atoms with Crippen LogP contribution >= 0.6 is 11.6 Å². The fourth-order valence-electron chi connectivity index (χ4n) is 2.26. The Hall–Kier alpha value is -0.770. The fourth-order valence-corrected chi connectivity index (χ4v) is 2.44. The highest BCUT2D eigenvalue weighted by molar-refractivity contribution is 6.30. The van der Waals surface area contributed by atoms with E-state index in [-0.39, 0.29) is 6.10 Å². The first-order valence-corrected chi connectivity index (χ1v) is 6.76. The van der Waals surface area contributed by atoms with Crippen molar-refractivity contribution in [3.05, 3.63) is 29.3 Å². The van der Waals surface area contributed by atoms with Gasteiger partial charge in [0.2, 0.25) is 0 Å². The maximum atomic E-state index is 9.23. The maximum absolute atomic E-state index is 9.23. The summed E-state index contributed by atoms with van der Waals surface area (Å²) in [6.07, 6.45) is 1.82. The summed E-state index contributed by atoms with van der Waals surface area (Å²) in [4.78, 5) is 2.25. The predicted octanol–water partition coefficient (Wildman–Crippen LogP) is 2.42. The smallest absolute Gasteiger partial charge is 0.120 e.